The highest BCUT2D eigenvalue weighted by Gasteiger charge is 2.19. The predicted octanol–water partition coefficient (Wildman–Crippen LogP) is 1.87. The molecule has 0 radical (unpaired) electrons. The Morgan fingerprint density at radius 1 is 1.32 bits per heavy atom. The normalized spacial score (nSPS) is 12.1. The number of benzene rings is 1. The molecule has 6 heteroatoms. The van der Waals surface area contributed by atoms with E-state index in [1.165, 1.54) is 12.1 Å². The van der Waals surface area contributed by atoms with E-state index in [1.54, 1.807) is 6.07 Å². The summed E-state index contributed by atoms with van der Waals surface area (Å²) in [7, 11) is -3.77. The lowest BCUT2D eigenvalue weighted by Gasteiger charge is -2.10. The second-order valence-electron chi connectivity index (χ2n) is 4.79. The van der Waals surface area contributed by atoms with Crippen LogP contribution in [0.2, 0.25) is 0 Å². The van der Waals surface area contributed by atoms with Crippen LogP contribution in [0.1, 0.15) is 26.3 Å². The average Bonchev–Trinajstić information content (AvgIpc) is 2.34. The van der Waals surface area contributed by atoms with Gasteiger partial charge in [-0.1, -0.05) is 26.8 Å². The first-order valence-electron chi connectivity index (χ1n) is 6.35. The van der Waals surface area contributed by atoms with Gasteiger partial charge in [-0.3, -0.25) is 0 Å². The van der Waals surface area contributed by atoms with E-state index < -0.39 is 15.8 Å². The van der Waals surface area contributed by atoms with Gasteiger partial charge in [0, 0.05) is 13.1 Å². The van der Waals surface area contributed by atoms with Crippen molar-refractivity contribution in [2.45, 2.75) is 32.2 Å². The van der Waals surface area contributed by atoms with Gasteiger partial charge in [-0.05, 0) is 30.2 Å². The van der Waals surface area contributed by atoms with E-state index in [1.807, 2.05) is 20.8 Å². The summed E-state index contributed by atoms with van der Waals surface area (Å²) in [6, 6.07) is 4.19. The Kier molecular flexibility index (Phi) is 5.90. The standard InChI is InChI=1S/C13H21FN2O2S/c1-4-15-9-11-5-6-13(12(14)7-11)19(17,18)16-8-10(2)3/h5-7,10,15-16H,4,8-9H2,1-3H3. The van der Waals surface area contributed by atoms with Crippen LogP contribution in [0, 0.1) is 11.7 Å². The quantitative estimate of drug-likeness (QED) is 0.805. The van der Waals surface area contributed by atoms with Crippen molar-refractivity contribution in [1.29, 1.82) is 0 Å². The third-order valence-electron chi connectivity index (χ3n) is 2.55. The van der Waals surface area contributed by atoms with Crippen LogP contribution < -0.4 is 10.0 Å². The zero-order chi connectivity index (χ0) is 14.5. The molecule has 0 aromatic heterocycles. The van der Waals surface area contributed by atoms with Crippen LogP contribution >= 0.6 is 0 Å². The highest BCUT2D eigenvalue weighted by Crippen LogP contribution is 2.16. The lowest BCUT2D eigenvalue weighted by Crippen LogP contribution is -2.28. The minimum atomic E-state index is -3.77. The highest BCUT2D eigenvalue weighted by molar-refractivity contribution is 7.89. The van der Waals surface area contributed by atoms with Crippen LogP contribution in [0.25, 0.3) is 0 Å². The second-order valence-corrected chi connectivity index (χ2v) is 6.53. The lowest BCUT2D eigenvalue weighted by atomic mass is 10.2. The maximum absolute atomic E-state index is 13.9. The fourth-order valence-corrected chi connectivity index (χ4v) is 2.77. The lowest BCUT2D eigenvalue weighted by molar-refractivity contribution is 0.542. The van der Waals surface area contributed by atoms with Crippen molar-refractivity contribution >= 4 is 10.0 Å². The molecule has 0 heterocycles. The second kappa shape index (κ2) is 6.98. The molecule has 0 unspecified atom stereocenters. The van der Waals surface area contributed by atoms with Crippen molar-refractivity contribution in [3.05, 3.63) is 29.6 Å². The van der Waals surface area contributed by atoms with Crippen molar-refractivity contribution < 1.29 is 12.8 Å². The van der Waals surface area contributed by atoms with Crippen molar-refractivity contribution in [3.63, 3.8) is 0 Å². The summed E-state index contributed by atoms with van der Waals surface area (Å²) in [6.45, 7) is 7.31. The van der Waals surface area contributed by atoms with Gasteiger partial charge in [-0.25, -0.2) is 17.5 Å². The molecule has 0 saturated carbocycles. The van der Waals surface area contributed by atoms with Crippen molar-refractivity contribution in [2.75, 3.05) is 13.1 Å². The van der Waals surface area contributed by atoms with Crippen LogP contribution in [0.5, 0.6) is 0 Å². The number of nitrogens with one attached hydrogen (secondary N) is 2. The third-order valence-corrected chi connectivity index (χ3v) is 4.00. The fraction of sp³-hybridized carbons (Fsp3) is 0.538. The molecule has 108 valence electrons. The third kappa shape index (κ3) is 4.89. The zero-order valence-electron chi connectivity index (χ0n) is 11.5. The number of sulfonamides is 1. The molecule has 0 atom stereocenters. The average molecular weight is 288 g/mol. The van der Waals surface area contributed by atoms with Crippen molar-refractivity contribution in [1.82, 2.24) is 10.0 Å². The van der Waals surface area contributed by atoms with Gasteiger partial charge in [0.25, 0.3) is 0 Å². The summed E-state index contributed by atoms with van der Waals surface area (Å²) >= 11 is 0. The number of rotatable bonds is 7. The van der Waals surface area contributed by atoms with Crippen LogP contribution in [-0.2, 0) is 16.6 Å². The molecule has 4 nitrogen and oxygen atoms in total. The molecule has 0 spiro atoms. The Labute approximate surface area is 114 Å². The molecule has 1 aromatic carbocycles. The summed E-state index contributed by atoms with van der Waals surface area (Å²) in [5, 5.41) is 3.06. The van der Waals surface area contributed by atoms with Gasteiger partial charge in [0.05, 0.1) is 0 Å². The van der Waals surface area contributed by atoms with Gasteiger partial charge >= 0.3 is 0 Å². The van der Waals surface area contributed by atoms with E-state index in [0.717, 1.165) is 12.1 Å². The van der Waals surface area contributed by atoms with Crippen molar-refractivity contribution in [3.8, 4) is 0 Å². The van der Waals surface area contributed by atoms with Crippen LogP contribution in [0.4, 0.5) is 4.39 Å². The van der Waals surface area contributed by atoms with Gasteiger partial charge in [-0.15, -0.1) is 0 Å². The fourth-order valence-electron chi connectivity index (χ4n) is 1.50. The number of halogens is 1. The summed E-state index contributed by atoms with van der Waals surface area (Å²) in [5.41, 5.74) is 0.724. The van der Waals surface area contributed by atoms with Gasteiger partial charge in [0.15, 0.2) is 0 Å². The molecule has 0 saturated heterocycles. The van der Waals surface area contributed by atoms with Crippen LogP contribution in [-0.4, -0.2) is 21.5 Å². The molecule has 1 rings (SSSR count). The molecule has 0 aliphatic carbocycles. The van der Waals surface area contributed by atoms with E-state index >= 15 is 0 Å². The Morgan fingerprint density at radius 2 is 2.00 bits per heavy atom. The predicted molar refractivity (Wildman–Crippen MR) is 73.8 cm³/mol. The van der Waals surface area contributed by atoms with E-state index in [9.17, 15) is 12.8 Å². The smallest absolute Gasteiger partial charge is 0.243 e. The minimum Gasteiger partial charge on any atom is -0.313 e. The number of hydrogen-bond donors (Lipinski definition) is 2. The summed E-state index contributed by atoms with van der Waals surface area (Å²) in [5.74, 6) is -0.544. The highest BCUT2D eigenvalue weighted by atomic mass is 32.2. The molecule has 1 aromatic rings. The molecule has 0 amide bonds. The van der Waals surface area contributed by atoms with Crippen molar-refractivity contribution in [2.24, 2.45) is 5.92 Å². The van der Waals surface area contributed by atoms with Gasteiger partial charge in [0.2, 0.25) is 10.0 Å². The van der Waals surface area contributed by atoms with E-state index in [-0.39, 0.29) is 10.8 Å². The molecule has 0 bridgehead atoms. The van der Waals surface area contributed by atoms with Gasteiger partial charge in [-0.2, -0.15) is 0 Å². The largest absolute Gasteiger partial charge is 0.313 e. The topological polar surface area (TPSA) is 58.2 Å². The molecular weight excluding hydrogens is 267 g/mol. The maximum Gasteiger partial charge on any atom is 0.243 e. The van der Waals surface area contributed by atoms with E-state index in [0.29, 0.717) is 13.1 Å². The van der Waals surface area contributed by atoms with E-state index in [4.69, 9.17) is 0 Å². The molecular formula is C13H21FN2O2S. The first-order valence-corrected chi connectivity index (χ1v) is 7.84. The van der Waals surface area contributed by atoms with Gasteiger partial charge in [0.1, 0.15) is 10.7 Å². The monoisotopic (exact) mass is 288 g/mol. The summed E-state index contributed by atoms with van der Waals surface area (Å²) in [6.07, 6.45) is 0. The molecule has 0 aliphatic heterocycles. The minimum absolute atomic E-state index is 0.172. The molecule has 0 fully saturated rings. The maximum atomic E-state index is 13.9. The Bertz CT molecular complexity index is 515. The molecule has 19 heavy (non-hydrogen) atoms. The van der Waals surface area contributed by atoms with Gasteiger partial charge < -0.3 is 5.32 Å². The Hall–Kier alpha value is -0.980. The Balaban J connectivity index is 2.89. The van der Waals surface area contributed by atoms with Crippen LogP contribution in [0.15, 0.2) is 23.1 Å². The first-order chi connectivity index (χ1) is 8.86. The molecule has 0 aliphatic rings. The van der Waals surface area contributed by atoms with Crippen LogP contribution in [0.3, 0.4) is 0 Å². The molecule has 2 N–H and O–H groups in total. The zero-order valence-corrected chi connectivity index (χ0v) is 12.3. The summed E-state index contributed by atoms with van der Waals surface area (Å²) in [4.78, 5) is -0.298. The number of hydrogen-bond acceptors (Lipinski definition) is 3. The summed E-state index contributed by atoms with van der Waals surface area (Å²) < 4.78 is 40.1. The van der Waals surface area contributed by atoms with E-state index in [2.05, 4.69) is 10.0 Å². The Morgan fingerprint density at radius 3 is 2.53 bits per heavy atom. The first kappa shape index (κ1) is 16.1. The SMILES string of the molecule is CCNCc1ccc(S(=O)(=O)NCC(C)C)c(F)c1.